The molecule has 3 aliphatic carbocycles. The van der Waals surface area contributed by atoms with Crippen LogP contribution >= 0.6 is 0 Å². The number of aliphatic hydroxyl groups is 2. The molecule has 0 amide bonds. The van der Waals surface area contributed by atoms with Crippen LogP contribution in [-0.2, 0) is 23.2 Å². The molecule has 28 heavy (non-hydrogen) atoms. The zero-order valence-corrected chi connectivity index (χ0v) is 16.9. The molecule has 5 atom stereocenters. The topological polar surface area (TPSA) is 66.8 Å². The fourth-order valence-corrected chi connectivity index (χ4v) is 7.13. The summed E-state index contributed by atoms with van der Waals surface area (Å²) >= 11 is 0. The molecule has 0 radical (unpaired) electrons. The summed E-state index contributed by atoms with van der Waals surface area (Å²) in [5.41, 5.74) is 1.48. The minimum absolute atomic E-state index is 0. The lowest BCUT2D eigenvalue weighted by atomic mass is 9.48. The van der Waals surface area contributed by atoms with E-state index < -0.39 is 17.1 Å². The van der Waals surface area contributed by atoms with Crippen molar-refractivity contribution >= 4 is 5.78 Å². The van der Waals surface area contributed by atoms with E-state index in [9.17, 15) is 15.0 Å². The minimum Gasteiger partial charge on any atom is -0.481 e. The number of hydrogen-bond acceptors (Lipinski definition) is 4. The number of Topliss-reactive ketones (excluding diaryl/α,β-unsaturated/α-hetero) is 1. The second-order valence-corrected chi connectivity index (χ2v) is 9.90. The fourth-order valence-electron chi connectivity index (χ4n) is 7.13. The van der Waals surface area contributed by atoms with Crippen LogP contribution in [0.25, 0.3) is 0 Å². The summed E-state index contributed by atoms with van der Waals surface area (Å²) in [6.07, 6.45) is 4.59. The Morgan fingerprint density at radius 3 is 2.79 bits per heavy atom. The van der Waals surface area contributed by atoms with Gasteiger partial charge in [-0.05, 0) is 24.8 Å². The number of nitrogens with zero attached hydrogens (tertiary/aromatic N) is 1. The fraction of sp³-hybridized carbons (Fsp3) is 0.652. The van der Waals surface area contributed by atoms with Crippen LogP contribution in [0.3, 0.4) is 0 Å². The van der Waals surface area contributed by atoms with Gasteiger partial charge in [0.15, 0.2) is 11.9 Å². The van der Waals surface area contributed by atoms with Gasteiger partial charge in [-0.25, -0.2) is 0 Å². The Balaban J connectivity index is 0.00000171. The monoisotopic (exact) mass is 385 g/mol. The molecule has 1 saturated heterocycles. The summed E-state index contributed by atoms with van der Waals surface area (Å²) < 4.78 is 7.18. The van der Waals surface area contributed by atoms with Crippen LogP contribution in [0, 0.1) is 13.3 Å². The zero-order chi connectivity index (χ0) is 18.6. The third-order valence-electron chi connectivity index (χ3n) is 8.55. The SMILES string of the molecule is C[N@+]1(CC2CC2)CC[C@]23c4c5ccc(CO)c4O[C@H]2C(=O)CC[C@@]3(O)[C@H]1C5.[CH3-]. The van der Waals surface area contributed by atoms with E-state index in [0.29, 0.717) is 18.6 Å². The van der Waals surface area contributed by atoms with E-state index in [1.54, 1.807) is 0 Å². The Morgan fingerprint density at radius 2 is 2.07 bits per heavy atom. The lowest BCUT2D eigenvalue weighted by Crippen LogP contribution is -2.80. The number of hydrogen-bond donors (Lipinski definition) is 2. The number of benzene rings is 1. The maximum atomic E-state index is 12.9. The molecule has 5 nitrogen and oxygen atoms in total. The molecule has 3 fully saturated rings. The summed E-state index contributed by atoms with van der Waals surface area (Å²) in [4.78, 5) is 12.9. The van der Waals surface area contributed by atoms with Gasteiger partial charge in [-0.3, -0.25) is 4.79 Å². The Morgan fingerprint density at radius 1 is 1.29 bits per heavy atom. The van der Waals surface area contributed by atoms with Crippen molar-refractivity contribution in [3.05, 3.63) is 36.2 Å². The van der Waals surface area contributed by atoms with Gasteiger partial charge < -0.3 is 26.9 Å². The zero-order valence-electron chi connectivity index (χ0n) is 16.9. The van der Waals surface area contributed by atoms with Gasteiger partial charge in [0.1, 0.15) is 17.4 Å². The van der Waals surface area contributed by atoms with Crippen molar-refractivity contribution in [2.75, 3.05) is 20.1 Å². The molecule has 152 valence electrons. The highest BCUT2D eigenvalue weighted by molar-refractivity contribution is 5.89. The summed E-state index contributed by atoms with van der Waals surface area (Å²) in [7, 11) is 2.32. The number of carbonyl (C=O) groups excluding carboxylic acids is 1. The second-order valence-electron chi connectivity index (χ2n) is 9.90. The molecule has 1 aromatic rings. The van der Waals surface area contributed by atoms with E-state index in [-0.39, 0.29) is 25.9 Å². The maximum absolute atomic E-state index is 12.9. The lowest BCUT2D eigenvalue weighted by Gasteiger charge is -2.64. The molecule has 2 saturated carbocycles. The Labute approximate surface area is 166 Å². The summed E-state index contributed by atoms with van der Waals surface area (Å²) in [6, 6.07) is 4.17. The van der Waals surface area contributed by atoms with Crippen molar-refractivity contribution in [2.24, 2.45) is 5.92 Å². The average molecular weight is 386 g/mol. The summed E-state index contributed by atoms with van der Waals surface area (Å²) in [6.45, 7) is 2.02. The minimum atomic E-state index is -0.903. The van der Waals surface area contributed by atoms with Gasteiger partial charge in [0, 0.05) is 36.3 Å². The third-order valence-corrected chi connectivity index (χ3v) is 8.55. The number of likely N-dealkylation sites (N-methyl/N-ethyl adjacent to an activating group) is 1. The first-order valence-electron chi connectivity index (χ1n) is 10.4. The number of likely N-dealkylation sites (tertiary alicyclic amines) is 1. The normalized spacial score (nSPS) is 42.5. The van der Waals surface area contributed by atoms with Crippen molar-refractivity contribution in [1.29, 1.82) is 0 Å². The second kappa shape index (κ2) is 5.59. The van der Waals surface area contributed by atoms with Gasteiger partial charge in [-0.2, -0.15) is 0 Å². The van der Waals surface area contributed by atoms with Gasteiger partial charge in [-0.1, -0.05) is 12.1 Å². The van der Waals surface area contributed by atoms with Gasteiger partial charge in [-0.15, -0.1) is 0 Å². The van der Waals surface area contributed by atoms with E-state index in [4.69, 9.17) is 4.74 Å². The largest absolute Gasteiger partial charge is 0.481 e. The van der Waals surface area contributed by atoms with Crippen molar-refractivity contribution in [3.63, 3.8) is 0 Å². The first kappa shape index (κ1) is 18.6. The van der Waals surface area contributed by atoms with E-state index in [1.807, 2.05) is 6.07 Å². The molecular weight excluding hydrogens is 354 g/mol. The van der Waals surface area contributed by atoms with Crippen LogP contribution in [-0.4, -0.2) is 58.4 Å². The number of aliphatic hydroxyl groups excluding tert-OH is 1. The Kier molecular flexibility index (Phi) is 3.71. The molecule has 5 aliphatic rings. The van der Waals surface area contributed by atoms with Crippen molar-refractivity contribution in [3.8, 4) is 5.75 Å². The Bertz CT molecular complexity index is 864. The molecule has 2 aliphatic heterocycles. The molecule has 0 aromatic heterocycles. The molecule has 1 spiro atoms. The predicted molar refractivity (Wildman–Crippen MR) is 105 cm³/mol. The van der Waals surface area contributed by atoms with Crippen molar-refractivity contribution < 1.29 is 24.2 Å². The van der Waals surface area contributed by atoms with Crippen LogP contribution in [0.2, 0.25) is 0 Å². The maximum Gasteiger partial charge on any atom is 0.174 e. The molecule has 1 aromatic carbocycles. The highest BCUT2D eigenvalue weighted by Crippen LogP contribution is 2.65. The Hall–Kier alpha value is -1.43. The van der Waals surface area contributed by atoms with Crippen molar-refractivity contribution in [1.82, 2.24) is 0 Å². The molecule has 5 heteroatoms. The third kappa shape index (κ3) is 1.95. The number of quaternary nitrogens is 1. The van der Waals surface area contributed by atoms with Crippen LogP contribution < -0.4 is 4.74 Å². The molecule has 2 heterocycles. The van der Waals surface area contributed by atoms with E-state index in [2.05, 4.69) is 13.1 Å². The standard InChI is InChI=1S/C22H28NO4.CH3/c1-23(11-13-2-3-13)9-8-21-18-14-4-5-15(12-24)19(18)27-20(21)16(25)6-7-22(21,26)17(23)10-14;/h4-5,13,17,20,24,26H,2-3,6-12H2,1H3;1H3/q+1;-1/t17-,20+,21+,22-,23-;/m1./s1. The van der Waals surface area contributed by atoms with Gasteiger partial charge in [0.05, 0.1) is 32.2 Å². The lowest BCUT2D eigenvalue weighted by molar-refractivity contribution is -0.950. The highest BCUT2D eigenvalue weighted by atomic mass is 16.5. The number of rotatable bonds is 3. The summed E-state index contributed by atoms with van der Waals surface area (Å²) in [5.74, 6) is 1.59. The number of ketones is 1. The average Bonchev–Trinajstić information content (AvgIpc) is 3.37. The molecule has 0 unspecified atom stereocenters. The smallest absolute Gasteiger partial charge is 0.174 e. The number of carbonyl (C=O) groups is 1. The molecular formula is C23H31NO4. The first-order chi connectivity index (χ1) is 12.9. The summed E-state index contributed by atoms with van der Waals surface area (Å²) in [5, 5.41) is 22.1. The molecule has 2 bridgehead atoms. The molecule has 6 rings (SSSR count). The predicted octanol–water partition coefficient (Wildman–Crippen LogP) is 1.91. The van der Waals surface area contributed by atoms with Gasteiger partial charge >= 0.3 is 0 Å². The highest BCUT2D eigenvalue weighted by Gasteiger charge is 2.76. The van der Waals surface area contributed by atoms with Gasteiger partial charge in [0.2, 0.25) is 0 Å². The van der Waals surface area contributed by atoms with Crippen LogP contribution in [0.4, 0.5) is 0 Å². The van der Waals surface area contributed by atoms with Crippen LogP contribution in [0.15, 0.2) is 12.1 Å². The van der Waals surface area contributed by atoms with E-state index in [0.717, 1.165) is 47.5 Å². The van der Waals surface area contributed by atoms with E-state index in [1.165, 1.54) is 18.4 Å². The van der Waals surface area contributed by atoms with E-state index >= 15 is 0 Å². The number of ether oxygens (including phenoxy) is 1. The van der Waals surface area contributed by atoms with Crippen molar-refractivity contribution in [2.45, 2.75) is 68.3 Å². The van der Waals surface area contributed by atoms with Crippen LogP contribution in [0.1, 0.15) is 48.8 Å². The quantitative estimate of drug-likeness (QED) is 0.616. The number of piperidine rings is 1. The molecule has 2 N–H and O–H groups in total. The van der Waals surface area contributed by atoms with Gasteiger partial charge in [0.25, 0.3) is 0 Å². The first-order valence-corrected chi connectivity index (χ1v) is 10.4. The van der Waals surface area contributed by atoms with Crippen LogP contribution in [0.5, 0.6) is 5.75 Å².